The Hall–Kier alpha value is -2.66. The minimum Gasteiger partial charge on any atom is -0.459 e. The predicted molar refractivity (Wildman–Crippen MR) is 88.8 cm³/mol. The van der Waals surface area contributed by atoms with E-state index >= 15 is 0 Å². The van der Waals surface area contributed by atoms with Crippen LogP contribution in [-0.4, -0.2) is 18.7 Å². The summed E-state index contributed by atoms with van der Waals surface area (Å²) < 4.78 is 16.0. The summed E-state index contributed by atoms with van der Waals surface area (Å²) in [7, 11) is 0. The third kappa shape index (κ3) is 2.67. The van der Waals surface area contributed by atoms with Crippen molar-refractivity contribution in [2.45, 2.75) is 25.6 Å². The number of esters is 1. The molecule has 1 fully saturated rings. The third-order valence-corrected chi connectivity index (χ3v) is 4.28. The zero-order chi connectivity index (χ0) is 16.5. The second-order valence-corrected chi connectivity index (χ2v) is 5.86. The van der Waals surface area contributed by atoms with Crippen LogP contribution < -0.4 is 5.63 Å². The van der Waals surface area contributed by atoms with Crippen LogP contribution in [0.2, 0.25) is 0 Å². The number of fused-ring (bicyclic) bond motifs is 3. The molecule has 0 amide bonds. The van der Waals surface area contributed by atoms with Crippen molar-refractivity contribution >= 4 is 27.7 Å². The first kappa shape index (κ1) is 14.9. The Morgan fingerprint density at radius 2 is 2.08 bits per heavy atom. The summed E-state index contributed by atoms with van der Waals surface area (Å²) in [4.78, 5) is 23.9. The lowest BCUT2D eigenvalue weighted by molar-refractivity contribution is -0.155. The summed E-state index contributed by atoms with van der Waals surface area (Å²) in [6, 6.07) is 12.9. The Morgan fingerprint density at radius 1 is 1.21 bits per heavy atom. The van der Waals surface area contributed by atoms with Gasteiger partial charge in [-0.1, -0.05) is 30.3 Å². The largest absolute Gasteiger partial charge is 0.459 e. The summed E-state index contributed by atoms with van der Waals surface area (Å²) in [5, 5.41) is 2.79. The summed E-state index contributed by atoms with van der Waals surface area (Å²) in [6.07, 6.45) is 1.05. The van der Waals surface area contributed by atoms with Crippen molar-refractivity contribution in [3.05, 3.63) is 58.4 Å². The molecule has 1 aliphatic rings. The van der Waals surface area contributed by atoms with Crippen LogP contribution in [-0.2, 0) is 20.9 Å². The van der Waals surface area contributed by atoms with Gasteiger partial charge in [0.25, 0.3) is 0 Å². The number of carbonyl (C=O) groups excluding carboxylic acids is 1. The van der Waals surface area contributed by atoms with E-state index in [1.54, 1.807) is 6.07 Å². The lowest BCUT2D eigenvalue weighted by Crippen LogP contribution is -2.22. The molecule has 5 nitrogen and oxygen atoms in total. The normalized spacial score (nSPS) is 17.4. The van der Waals surface area contributed by atoms with E-state index in [1.165, 1.54) is 6.07 Å². The first-order chi connectivity index (χ1) is 11.7. The lowest BCUT2D eigenvalue weighted by atomic mass is 10.0. The monoisotopic (exact) mass is 324 g/mol. The van der Waals surface area contributed by atoms with Gasteiger partial charge in [-0.15, -0.1) is 0 Å². The molecule has 1 aromatic heterocycles. The first-order valence-electron chi connectivity index (χ1n) is 7.95. The number of carbonyl (C=O) groups is 1. The van der Waals surface area contributed by atoms with Gasteiger partial charge in [-0.05, 0) is 29.7 Å². The molecule has 0 unspecified atom stereocenters. The van der Waals surface area contributed by atoms with Crippen LogP contribution >= 0.6 is 0 Å². The zero-order valence-corrected chi connectivity index (χ0v) is 13.0. The van der Waals surface area contributed by atoms with Crippen LogP contribution in [0.1, 0.15) is 18.4 Å². The SMILES string of the molecule is O=C(OCc1cc(=O)oc2ccc3ccccc3c12)[C@@H]1CCCO1. The maximum atomic E-state index is 12.1. The van der Waals surface area contributed by atoms with E-state index in [0.29, 0.717) is 24.2 Å². The number of rotatable bonds is 3. The van der Waals surface area contributed by atoms with Crippen LogP contribution in [0.3, 0.4) is 0 Å². The Bertz CT molecular complexity index is 966. The quantitative estimate of drug-likeness (QED) is 0.420. The van der Waals surface area contributed by atoms with E-state index < -0.39 is 11.7 Å². The van der Waals surface area contributed by atoms with Gasteiger partial charge in [0.1, 0.15) is 12.2 Å². The van der Waals surface area contributed by atoms with Gasteiger partial charge >= 0.3 is 11.6 Å². The van der Waals surface area contributed by atoms with Crippen molar-refractivity contribution < 1.29 is 18.7 Å². The van der Waals surface area contributed by atoms with Crippen molar-refractivity contribution in [1.29, 1.82) is 0 Å². The molecule has 1 saturated heterocycles. The van der Waals surface area contributed by atoms with E-state index in [0.717, 1.165) is 22.6 Å². The standard InChI is InChI=1S/C19H16O5/c20-17-10-13(11-23-19(21)16-6-3-9-22-16)18-14-5-2-1-4-12(14)7-8-15(18)24-17/h1-2,4-5,7-8,10,16H,3,6,9,11H2/t16-/m0/s1. The molecule has 0 N–H and O–H groups in total. The molecule has 24 heavy (non-hydrogen) atoms. The van der Waals surface area contributed by atoms with Crippen LogP contribution in [0.4, 0.5) is 0 Å². The molecule has 2 aromatic carbocycles. The number of hydrogen-bond acceptors (Lipinski definition) is 5. The smallest absolute Gasteiger partial charge is 0.336 e. The molecule has 0 saturated carbocycles. The van der Waals surface area contributed by atoms with Gasteiger partial charge in [-0.25, -0.2) is 9.59 Å². The fourth-order valence-corrected chi connectivity index (χ4v) is 3.14. The van der Waals surface area contributed by atoms with E-state index in [1.807, 2.05) is 30.3 Å². The third-order valence-electron chi connectivity index (χ3n) is 4.28. The summed E-state index contributed by atoms with van der Waals surface area (Å²) >= 11 is 0. The fraction of sp³-hybridized carbons (Fsp3) is 0.263. The van der Waals surface area contributed by atoms with Gasteiger partial charge in [0.05, 0.1) is 0 Å². The topological polar surface area (TPSA) is 65.7 Å². The Kier molecular flexibility index (Phi) is 3.78. The highest BCUT2D eigenvalue weighted by atomic mass is 16.6. The Labute approximate surface area is 137 Å². The van der Waals surface area contributed by atoms with Crippen LogP contribution in [0.5, 0.6) is 0 Å². The average Bonchev–Trinajstić information content (AvgIpc) is 3.13. The van der Waals surface area contributed by atoms with E-state index in [9.17, 15) is 9.59 Å². The zero-order valence-electron chi connectivity index (χ0n) is 13.0. The number of hydrogen-bond donors (Lipinski definition) is 0. The van der Waals surface area contributed by atoms with E-state index in [-0.39, 0.29) is 12.6 Å². The van der Waals surface area contributed by atoms with Crippen molar-refractivity contribution in [3.63, 3.8) is 0 Å². The maximum absolute atomic E-state index is 12.1. The lowest BCUT2D eigenvalue weighted by Gasteiger charge is -2.12. The molecule has 5 heteroatoms. The van der Waals surface area contributed by atoms with Gasteiger partial charge in [0.2, 0.25) is 0 Å². The second-order valence-electron chi connectivity index (χ2n) is 5.86. The van der Waals surface area contributed by atoms with Crippen LogP contribution in [0, 0.1) is 0 Å². The molecule has 122 valence electrons. The van der Waals surface area contributed by atoms with Gasteiger partial charge in [-0.3, -0.25) is 0 Å². The van der Waals surface area contributed by atoms with E-state index in [2.05, 4.69) is 0 Å². The minimum absolute atomic E-state index is 0.0226. The van der Waals surface area contributed by atoms with Crippen molar-refractivity contribution in [3.8, 4) is 0 Å². The molecule has 2 heterocycles. The fourth-order valence-electron chi connectivity index (χ4n) is 3.14. The molecule has 0 spiro atoms. The van der Waals surface area contributed by atoms with Crippen molar-refractivity contribution in [2.75, 3.05) is 6.61 Å². The van der Waals surface area contributed by atoms with Crippen molar-refractivity contribution in [2.24, 2.45) is 0 Å². The molecule has 1 aliphatic heterocycles. The molecule has 3 aromatic rings. The summed E-state index contributed by atoms with van der Waals surface area (Å²) in [6.45, 7) is 0.608. The highest BCUT2D eigenvalue weighted by molar-refractivity contribution is 6.07. The molecule has 0 aliphatic carbocycles. The molecule has 1 atom stereocenters. The summed E-state index contributed by atoms with van der Waals surface area (Å²) in [5.41, 5.74) is 0.676. The molecular weight excluding hydrogens is 308 g/mol. The highest BCUT2D eigenvalue weighted by Gasteiger charge is 2.25. The van der Waals surface area contributed by atoms with Crippen LogP contribution in [0.15, 0.2) is 51.7 Å². The van der Waals surface area contributed by atoms with Gasteiger partial charge < -0.3 is 13.9 Å². The second kappa shape index (κ2) is 6.09. The first-order valence-corrected chi connectivity index (χ1v) is 7.95. The summed E-state index contributed by atoms with van der Waals surface area (Å²) in [5.74, 6) is -0.380. The van der Waals surface area contributed by atoms with Gasteiger partial charge in [0.15, 0.2) is 6.10 Å². The minimum atomic E-state index is -0.492. The number of ether oxygens (including phenoxy) is 2. The highest BCUT2D eigenvalue weighted by Crippen LogP contribution is 2.28. The molecule has 0 bridgehead atoms. The number of benzene rings is 2. The van der Waals surface area contributed by atoms with E-state index in [4.69, 9.17) is 13.9 Å². The predicted octanol–water partition coefficient (Wildman–Crippen LogP) is 3.17. The molecule has 4 rings (SSSR count). The Balaban J connectivity index is 1.74. The molecule has 0 radical (unpaired) electrons. The maximum Gasteiger partial charge on any atom is 0.336 e. The Morgan fingerprint density at radius 3 is 2.92 bits per heavy atom. The van der Waals surface area contributed by atoms with Gasteiger partial charge in [-0.2, -0.15) is 0 Å². The van der Waals surface area contributed by atoms with Crippen molar-refractivity contribution in [1.82, 2.24) is 0 Å². The van der Waals surface area contributed by atoms with Crippen LogP contribution in [0.25, 0.3) is 21.7 Å². The average molecular weight is 324 g/mol. The van der Waals surface area contributed by atoms with Gasteiger partial charge in [0, 0.05) is 23.6 Å². The molecular formula is C19H16O5.